The third-order valence-electron chi connectivity index (χ3n) is 4.18. The summed E-state index contributed by atoms with van der Waals surface area (Å²) in [5, 5.41) is 8.38. The Labute approximate surface area is 123 Å². The summed E-state index contributed by atoms with van der Waals surface area (Å²) >= 11 is 1.57. The molecule has 1 atom stereocenters. The third-order valence-corrected chi connectivity index (χ3v) is 4.86. The van der Waals surface area contributed by atoms with E-state index in [0.29, 0.717) is 0 Å². The Hall–Kier alpha value is -1.62. The molecule has 2 aromatic heterocycles. The maximum atomic E-state index is 12.6. The molecular weight excluding hydrogens is 270 g/mol. The Morgan fingerprint density at radius 2 is 2.25 bits per heavy atom. The first-order chi connectivity index (χ1) is 9.59. The molecule has 20 heavy (non-hydrogen) atoms. The van der Waals surface area contributed by atoms with Crippen LogP contribution in [0.5, 0.6) is 0 Å². The van der Waals surface area contributed by atoms with Gasteiger partial charge < -0.3 is 4.90 Å². The molecule has 0 aliphatic carbocycles. The first kappa shape index (κ1) is 13.4. The molecule has 0 unspecified atom stereocenters. The number of thiophene rings is 1. The van der Waals surface area contributed by atoms with Crippen LogP contribution in [0.2, 0.25) is 0 Å². The minimum Gasteiger partial charge on any atom is -0.331 e. The first-order valence-electron chi connectivity index (χ1n) is 6.93. The van der Waals surface area contributed by atoms with Gasteiger partial charge in [0, 0.05) is 30.2 Å². The maximum Gasteiger partial charge on any atom is 0.255 e. The standard InChI is InChI=1S/C15H19N3OS/c1-10-14(11(2)17(3)16-10)13-5-4-7-18(13)15(19)12-6-8-20-9-12/h6,8-9,13H,4-5,7H2,1-3H3/t13-/m0/s1. The topological polar surface area (TPSA) is 38.1 Å². The Morgan fingerprint density at radius 3 is 2.85 bits per heavy atom. The molecule has 0 bridgehead atoms. The maximum absolute atomic E-state index is 12.6. The van der Waals surface area contributed by atoms with Crippen molar-refractivity contribution in [2.45, 2.75) is 32.7 Å². The minimum absolute atomic E-state index is 0.149. The normalized spacial score (nSPS) is 18.8. The van der Waals surface area contributed by atoms with Crippen molar-refractivity contribution in [2.24, 2.45) is 7.05 Å². The van der Waals surface area contributed by atoms with Crippen molar-refractivity contribution in [3.05, 3.63) is 39.3 Å². The SMILES string of the molecule is Cc1nn(C)c(C)c1[C@@H]1CCCN1C(=O)c1ccsc1. The van der Waals surface area contributed by atoms with E-state index in [-0.39, 0.29) is 11.9 Å². The van der Waals surface area contributed by atoms with Gasteiger partial charge in [0.2, 0.25) is 0 Å². The lowest BCUT2D eigenvalue weighted by Crippen LogP contribution is -2.30. The van der Waals surface area contributed by atoms with Gasteiger partial charge >= 0.3 is 0 Å². The van der Waals surface area contributed by atoms with E-state index in [1.165, 1.54) is 5.56 Å². The van der Waals surface area contributed by atoms with Crippen LogP contribution in [0.25, 0.3) is 0 Å². The van der Waals surface area contributed by atoms with Crippen molar-refractivity contribution in [1.29, 1.82) is 0 Å². The van der Waals surface area contributed by atoms with Gasteiger partial charge in [0.25, 0.3) is 5.91 Å². The average Bonchev–Trinajstić information content (AvgIpc) is 3.12. The largest absolute Gasteiger partial charge is 0.331 e. The van der Waals surface area contributed by atoms with Crippen LogP contribution in [-0.2, 0) is 7.05 Å². The molecule has 0 N–H and O–H groups in total. The predicted molar refractivity (Wildman–Crippen MR) is 80.0 cm³/mol. The van der Waals surface area contributed by atoms with E-state index in [9.17, 15) is 4.79 Å². The molecule has 1 fully saturated rings. The quantitative estimate of drug-likeness (QED) is 0.852. The van der Waals surface area contributed by atoms with Crippen LogP contribution in [0, 0.1) is 13.8 Å². The number of hydrogen-bond donors (Lipinski definition) is 0. The molecule has 106 valence electrons. The Kier molecular flexibility index (Phi) is 3.38. The number of likely N-dealkylation sites (tertiary alicyclic amines) is 1. The first-order valence-corrected chi connectivity index (χ1v) is 7.87. The summed E-state index contributed by atoms with van der Waals surface area (Å²) in [6.45, 7) is 4.96. The van der Waals surface area contributed by atoms with Crippen molar-refractivity contribution in [3.8, 4) is 0 Å². The van der Waals surface area contributed by atoms with Crippen molar-refractivity contribution >= 4 is 17.2 Å². The summed E-state index contributed by atoms with van der Waals surface area (Å²) < 4.78 is 1.91. The zero-order chi connectivity index (χ0) is 14.3. The van der Waals surface area contributed by atoms with Crippen LogP contribution >= 0.6 is 11.3 Å². The lowest BCUT2D eigenvalue weighted by molar-refractivity contribution is 0.0735. The minimum atomic E-state index is 0.149. The molecule has 4 nitrogen and oxygen atoms in total. The molecule has 3 heterocycles. The second-order valence-corrected chi connectivity index (χ2v) is 6.16. The van der Waals surface area contributed by atoms with Gasteiger partial charge in [0.15, 0.2) is 0 Å². The van der Waals surface area contributed by atoms with E-state index < -0.39 is 0 Å². The number of amides is 1. The van der Waals surface area contributed by atoms with Gasteiger partial charge in [-0.2, -0.15) is 16.4 Å². The van der Waals surface area contributed by atoms with Crippen LogP contribution in [0.15, 0.2) is 16.8 Å². The lowest BCUT2D eigenvalue weighted by atomic mass is 10.0. The highest BCUT2D eigenvalue weighted by Gasteiger charge is 2.33. The summed E-state index contributed by atoms with van der Waals surface area (Å²) in [5.74, 6) is 0.149. The number of aromatic nitrogens is 2. The molecule has 1 amide bonds. The Balaban J connectivity index is 1.95. The molecule has 3 rings (SSSR count). The van der Waals surface area contributed by atoms with Crippen molar-refractivity contribution in [3.63, 3.8) is 0 Å². The van der Waals surface area contributed by atoms with E-state index in [1.54, 1.807) is 11.3 Å². The third kappa shape index (κ3) is 2.06. The number of rotatable bonds is 2. The van der Waals surface area contributed by atoms with Crippen molar-refractivity contribution in [2.75, 3.05) is 6.54 Å². The molecular formula is C15H19N3OS. The molecule has 1 saturated heterocycles. The van der Waals surface area contributed by atoms with Crippen LogP contribution in [-0.4, -0.2) is 27.1 Å². The second-order valence-electron chi connectivity index (χ2n) is 5.38. The van der Waals surface area contributed by atoms with Gasteiger partial charge in [0.05, 0.1) is 17.3 Å². The van der Waals surface area contributed by atoms with Crippen LogP contribution in [0.4, 0.5) is 0 Å². The van der Waals surface area contributed by atoms with Gasteiger partial charge in [-0.15, -0.1) is 0 Å². The predicted octanol–water partition coefficient (Wildman–Crippen LogP) is 3.08. The Morgan fingerprint density at radius 1 is 1.45 bits per heavy atom. The molecule has 0 radical (unpaired) electrons. The molecule has 5 heteroatoms. The van der Waals surface area contributed by atoms with Gasteiger partial charge in [-0.05, 0) is 38.1 Å². The van der Waals surface area contributed by atoms with Gasteiger partial charge in [-0.25, -0.2) is 0 Å². The van der Waals surface area contributed by atoms with E-state index >= 15 is 0 Å². The van der Waals surface area contributed by atoms with Crippen LogP contribution in [0.3, 0.4) is 0 Å². The fourth-order valence-electron chi connectivity index (χ4n) is 3.13. The van der Waals surface area contributed by atoms with E-state index in [2.05, 4.69) is 12.0 Å². The van der Waals surface area contributed by atoms with Crippen LogP contribution in [0.1, 0.15) is 46.2 Å². The summed E-state index contributed by atoms with van der Waals surface area (Å²) in [7, 11) is 1.96. The molecule has 1 aliphatic heterocycles. The van der Waals surface area contributed by atoms with Gasteiger partial charge in [0.1, 0.15) is 0 Å². The number of nitrogens with zero attached hydrogens (tertiary/aromatic N) is 3. The average molecular weight is 289 g/mol. The molecule has 0 spiro atoms. The zero-order valence-corrected chi connectivity index (χ0v) is 12.9. The van der Waals surface area contributed by atoms with E-state index in [4.69, 9.17) is 0 Å². The molecule has 0 saturated carbocycles. The number of carbonyl (C=O) groups excluding carboxylic acids is 1. The highest BCUT2D eigenvalue weighted by molar-refractivity contribution is 7.08. The Bertz CT molecular complexity index is 630. The second kappa shape index (κ2) is 5.05. The fourth-order valence-corrected chi connectivity index (χ4v) is 3.76. The fraction of sp³-hybridized carbons (Fsp3) is 0.467. The zero-order valence-electron chi connectivity index (χ0n) is 12.1. The van der Waals surface area contributed by atoms with Gasteiger partial charge in [-0.1, -0.05) is 0 Å². The number of hydrogen-bond acceptors (Lipinski definition) is 3. The summed E-state index contributed by atoms with van der Waals surface area (Å²) in [6.07, 6.45) is 2.09. The number of aryl methyl sites for hydroxylation is 2. The van der Waals surface area contributed by atoms with E-state index in [1.807, 2.05) is 40.4 Å². The summed E-state index contributed by atoms with van der Waals surface area (Å²) in [6, 6.07) is 2.09. The van der Waals surface area contributed by atoms with Crippen molar-refractivity contribution in [1.82, 2.24) is 14.7 Å². The van der Waals surface area contributed by atoms with Crippen LogP contribution < -0.4 is 0 Å². The molecule has 0 aromatic carbocycles. The van der Waals surface area contributed by atoms with E-state index in [0.717, 1.165) is 36.3 Å². The summed E-state index contributed by atoms with van der Waals surface area (Å²) in [4.78, 5) is 14.6. The lowest BCUT2D eigenvalue weighted by Gasteiger charge is -2.25. The smallest absolute Gasteiger partial charge is 0.255 e. The van der Waals surface area contributed by atoms with Crippen molar-refractivity contribution < 1.29 is 4.79 Å². The van der Waals surface area contributed by atoms with Gasteiger partial charge in [-0.3, -0.25) is 9.48 Å². The monoisotopic (exact) mass is 289 g/mol. The highest BCUT2D eigenvalue weighted by Crippen LogP contribution is 2.36. The molecule has 1 aliphatic rings. The molecule has 2 aromatic rings. The highest BCUT2D eigenvalue weighted by atomic mass is 32.1. The summed E-state index contributed by atoms with van der Waals surface area (Å²) in [5.41, 5.74) is 4.24. The number of carbonyl (C=O) groups is 1.